The van der Waals surface area contributed by atoms with E-state index in [-0.39, 0.29) is 22.6 Å². The van der Waals surface area contributed by atoms with E-state index < -0.39 is 16.1 Å². The van der Waals surface area contributed by atoms with Gasteiger partial charge in [0.05, 0.1) is 11.1 Å². The lowest BCUT2D eigenvalue weighted by molar-refractivity contribution is -0.132. The normalized spacial score (nSPS) is 17.6. The molecule has 0 saturated heterocycles. The van der Waals surface area contributed by atoms with Gasteiger partial charge in [-0.2, -0.15) is 5.10 Å². The Bertz CT molecular complexity index is 994. The Morgan fingerprint density at radius 2 is 2.04 bits per heavy atom. The highest BCUT2D eigenvalue weighted by atomic mass is 32.2. The topological polar surface area (TPSA) is 96.7 Å². The number of hydrogen-bond donors (Lipinski definition) is 1. The third kappa shape index (κ3) is 3.87. The van der Waals surface area contributed by atoms with E-state index in [4.69, 9.17) is 0 Å². The van der Waals surface area contributed by atoms with Crippen molar-refractivity contribution < 1.29 is 13.2 Å². The fourth-order valence-corrected chi connectivity index (χ4v) is 4.23. The van der Waals surface area contributed by atoms with Crippen molar-refractivity contribution in [2.45, 2.75) is 31.3 Å². The zero-order valence-electron chi connectivity index (χ0n) is 15.7. The molecule has 2 aromatic rings. The van der Waals surface area contributed by atoms with Crippen molar-refractivity contribution in [1.29, 1.82) is 0 Å². The summed E-state index contributed by atoms with van der Waals surface area (Å²) in [7, 11) is -0.111. The van der Waals surface area contributed by atoms with Crippen LogP contribution in [0.2, 0.25) is 0 Å². The summed E-state index contributed by atoms with van der Waals surface area (Å²) >= 11 is 0. The quantitative estimate of drug-likeness (QED) is 0.829. The van der Waals surface area contributed by atoms with Crippen LogP contribution in [0, 0.1) is 5.92 Å². The molecule has 0 fully saturated rings. The summed E-state index contributed by atoms with van der Waals surface area (Å²) in [6.45, 7) is 4.18. The van der Waals surface area contributed by atoms with Gasteiger partial charge in [-0.3, -0.25) is 19.2 Å². The minimum atomic E-state index is -3.63. The average molecular weight is 389 g/mol. The predicted molar refractivity (Wildman–Crippen MR) is 102 cm³/mol. The third-order valence-electron chi connectivity index (χ3n) is 4.37. The Morgan fingerprint density at radius 1 is 1.33 bits per heavy atom. The zero-order chi connectivity index (χ0) is 19.8. The summed E-state index contributed by atoms with van der Waals surface area (Å²) in [4.78, 5) is 19.2. The van der Waals surface area contributed by atoms with Gasteiger partial charge in [0.2, 0.25) is 5.91 Å². The van der Waals surface area contributed by atoms with Gasteiger partial charge in [0, 0.05) is 38.0 Å². The molecule has 1 aliphatic heterocycles. The highest BCUT2D eigenvalue weighted by Gasteiger charge is 2.33. The zero-order valence-corrected chi connectivity index (χ0v) is 16.6. The summed E-state index contributed by atoms with van der Waals surface area (Å²) in [5.41, 5.74) is 1.40. The van der Waals surface area contributed by atoms with Gasteiger partial charge in [-0.15, -0.1) is 0 Å². The second-order valence-electron chi connectivity index (χ2n) is 6.98. The number of amides is 1. The maximum atomic E-state index is 13.0. The number of sulfonamides is 1. The van der Waals surface area contributed by atoms with Gasteiger partial charge in [0.25, 0.3) is 10.0 Å². The van der Waals surface area contributed by atoms with Crippen LogP contribution in [0.1, 0.15) is 25.0 Å². The molecule has 0 aliphatic carbocycles. The molecule has 144 valence electrons. The van der Waals surface area contributed by atoms with Crippen molar-refractivity contribution in [3.05, 3.63) is 47.8 Å². The van der Waals surface area contributed by atoms with Crippen LogP contribution in [0.5, 0.6) is 0 Å². The first kappa shape index (κ1) is 19.1. The summed E-state index contributed by atoms with van der Waals surface area (Å²) in [5, 5.41) is 4.11. The highest BCUT2D eigenvalue weighted by molar-refractivity contribution is 7.90. The van der Waals surface area contributed by atoms with Gasteiger partial charge < -0.3 is 4.90 Å². The van der Waals surface area contributed by atoms with Crippen LogP contribution in [0.15, 0.2) is 46.5 Å². The first-order valence-electron chi connectivity index (χ1n) is 8.61. The molecule has 9 heteroatoms. The Balaban J connectivity index is 1.88. The number of benzene rings is 1. The largest absolute Gasteiger partial charge is 0.339 e. The maximum Gasteiger partial charge on any atom is 0.263 e. The van der Waals surface area contributed by atoms with Crippen LogP contribution in [0.3, 0.4) is 0 Å². The number of fused-ring (bicyclic) bond motifs is 1. The molecule has 1 atom stereocenters. The minimum absolute atomic E-state index is 0.0985. The van der Waals surface area contributed by atoms with E-state index in [1.807, 2.05) is 27.1 Å². The van der Waals surface area contributed by atoms with E-state index in [9.17, 15) is 13.2 Å². The molecule has 1 aromatic heterocycles. The molecule has 1 amide bonds. The molecule has 1 N–H and O–H groups in total. The minimum Gasteiger partial charge on any atom is -0.339 e. The monoisotopic (exact) mass is 389 g/mol. The molecule has 1 aliphatic rings. The van der Waals surface area contributed by atoms with Crippen LogP contribution in [-0.2, 0) is 28.4 Å². The second kappa shape index (κ2) is 7.15. The van der Waals surface area contributed by atoms with E-state index >= 15 is 0 Å². The van der Waals surface area contributed by atoms with Crippen molar-refractivity contribution in [3.63, 3.8) is 0 Å². The number of carbonyl (C=O) groups is 1. The molecular formula is C18H23N5O3S. The summed E-state index contributed by atoms with van der Waals surface area (Å²) in [6.07, 6.45) is 3.56. The number of aliphatic imine (C=N–C) groups is 1. The van der Waals surface area contributed by atoms with Gasteiger partial charge in [-0.05, 0) is 18.1 Å². The van der Waals surface area contributed by atoms with E-state index in [0.717, 1.165) is 5.56 Å². The van der Waals surface area contributed by atoms with Crippen molar-refractivity contribution in [3.8, 4) is 0 Å². The molecule has 2 heterocycles. The molecular weight excluding hydrogens is 366 g/mol. The molecule has 0 spiro atoms. The molecule has 8 nitrogen and oxygen atoms in total. The SMILES string of the molecule is CC(C)[C@H](N=C1NS(=O)(=O)c2ccccc21)C(=O)N(C)Cc1cnn(C)c1. The molecule has 0 unspecified atom stereocenters. The smallest absolute Gasteiger partial charge is 0.263 e. The van der Waals surface area contributed by atoms with Gasteiger partial charge >= 0.3 is 0 Å². The number of aromatic nitrogens is 2. The number of aryl methyl sites for hydroxylation is 1. The van der Waals surface area contributed by atoms with Crippen LogP contribution in [-0.4, -0.2) is 47.9 Å². The van der Waals surface area contributed by atoms with Gasteiger partial charge in [0.15, 0.2) is 0 Å². The van der Waals surface area contributed by atoms with Gasteiger partial charge in [-0.1, -0.05) is 26.0 Å². The molecule has 27 heavy (non-hydrogen) atoms. The lowest BCUT2D eigenvalue weighted by atomic mass is 10.0. The Hall–Kier alpha value is -2.68. The molecule has 3 rings (SSSR count). The lowest BCUT2D eigenvalue weighted by Crippen LogP contribution is -2.39. The number of carbonyl (C=O) groups excluding carboxylic acids is 1. The Morgan fingerprint density at radius 3 is 2.67 bits per heavy atom. The third-order valence-corrected chi connectivity index (χ3v) is 5.77. The van der Waals surface area contributed by atoms with Crippen molar-refractivity contribution in [2.75, 3.05) is 7.05 Å². The molecule has 1 aromatic carbocycles. The van der Waals surface area contributed by atoms with Gasteiger partial charge in [0.1, 0.15) is 11.9 Å². The first-order valence-corrected chi connectivity index (χ1v) is 10.1. The number of nitrogens with one attached hydrogen (secondary N) is 1. The van der Waals surface area contributed by atoms with Crippen LogP contribution >= 0.6 is 0 Å². The molecule has 0 bridgehead atoms. The van der Waals surface area contributed by atoms with Gasteiger partial charge in [-0.25, -0.2) is 8.42 Å². The van der Waals surface area contributed by atoms with E-state index in [2.05, 4.69) is 14.8 Å². The highest BCUT2D eigenvalue weighted by Crippen LogP contribution is 2.24. The maximum absolute atomic E-state index is 13.0. The number of rotatable bonds is 5. The van der Waals surface area contributed by atoms with Crippen molar-refractivity contribution in [1.82, 2.24) is 19.4 Å². The molecule has 0 saturated carbocycles. The van der Waals surface area contributed by atoms with E-state index in [0.29, 0.717) is 12.1 Å². The summed E-state index contributed by atoms with van der Waals surface area (Å²) < 4.78 is 28.7. The van der Waals surface area contributed by atoms with Crippen LogP contribution in [0.25, 0.3) is 0 Å². The summed E-state index contributed by atoms with van der Waals surface area (Å²) in [6, 6.07) is 5.93. The second-order valence-corrected chi connectivity index (χ2v) is 8.64. The van der Waals surface area contributed by atoms with Crippen LogP contribution < -0.4 is 4.72 Å². The van der Waals surface area contributed by atoms with E-state index in [1.54, 1.807) is 41.0 Å². The number of amidine groups is 1. The lowest BCUT2D eigenvalue weighted by Gasteiger charge is -2.23. The predicted octanol–water partition coefficient (Wildman–Crippen LogP) is 1.14. The van der Waals surface area contributed by atoms with E-state index in [1.165, 1.54) is 6.07 Å². The average Bonchev–Trinajstić information content (AvgIpc) is 3.12. The fourth-order valence-electron chi connectivity index (χ4n) is 2.99. The van der Waals surface area contributed by atoms with Crippen molar-refractivity contribution in [2.24, 2.45) is 18.0 Å². The fraction of sp³-hybridized carbons (Fsp3) is 0.389. The Labute approximate surface area is 159 Å². The number of nitrogens with zero attached hydrogens (tertiary/aromatic N) is 4. The van der Waals surface area contributed by atoms with Crippen molar-refractivity contribution >= 4 is 21.8 Å². The first-order chi connectivity index (χ1) is 12.7. The summed E-state index contributed by atoms with van der Waals surface area (Å²) in [5.74, 6) is -0.0593. The standard InChI is InChI=1S/C18H23N5O3S/c1-12(2)16(18(24)22(3)10-13-9-19-23(4)11-13)20-17-14-7-5-6-8-15(14)27(25,26)21-17/h5-9,11-12,16H,10H2,1-4H3,(H,20,21)/t16-/m0/s1. The number of hydrogen-bond acceptors (Lipinski definition) is 5. The van der Waals surface area contributed by atoms with Crippen LogP contribution in [0.4, 0.5) is 0 Å². The molecule has 0 radical (unpaired) electrons. The number of likely N-dealkylation sites (N-methyl/N-ethyl adjacent to an activating group) is 1. The Kier molecular flexibility index (Phi) is 5.05.